The largest absolute Gasteiger partial charge is 0.545 e. The molecule has 1 heterocycles. The van der Waals surface area contributed by atoms with Gasteiger partial charge < -0.3 is 15.2 Å². The lowest BCUT2D eigenvalue weighted by molar-refractivity contribution is -0.254. The predicted molar refractivity (Wildman–Crippen MR) is 64.4 cm³/mol. The number of hydrogen-bond donors (Lipinski definition) is 1. The summed E-state index contributed by atoms with van der Waals surface area (Å²) in [4.78, 5) is 14.6. The van der Waals surface area contributed by atoms with E-state index >= 15 is 0 Å². The first-order valence-corrected chi connectivity index (χ1v) is 6.21. The second-order valence-electron chi connectivity index (χ2n) is 4.45. The molecule has 0 aromatic carbocycles. The number of pyridine rings is 1. The van der Waals surface area contributed by atoms with Crippen molar-refractivity contribution in [3.05, 3.63) is 23.0 Å². The molecule has 98 valence electrons. The van der Waals surface area contributed by atoms with Crippen molar-refractivity contribution >= 4 is 23.3 Å². The molecule has 1 unspecified atom stereocenters. The van der Waals surface area contributed by atoms with Gasteiger partial charge in [-0.05, 0) is 31.7 Å². The molecule has 1 saturated carbocycles. The molecule has 1 aromatic heterocycles. The van der Waals surface area contributed by atoms with Crippen LogP contribution in [0, 0.1) is 0 Å². The standard InChI is InChI=1S/C12H14ClFN2O2/c13-11-5-10(9(6-15-11)12(17)18)16-8-3-1-2-7(14)4-8/h5-8H,1-4H2,(H,15,16)(H,17,18)/p-1/t7?,8-/m0/s1. The van der Waals surface area contributed by atoms with Crippen LogP contribution >= 0.6 is 11.6 Å². The molecule has 1 fully saturated rings. The number of carboxylic acid groups (broad SMARTS) is 1. The quantitative estimate of drug-likeness (QED) is 0.852. The van der Waals surface area contributed by atoms with Gasteiger partial charge in [0.2, 0.25) is 0 Å². The summed E-state index contributed by atoms with van der Waals surface area (Å²) in [5.74, 6) is -1.32. The van der Waals surface area contributed by atoms with Gasteiger partial charge in [0.25, 0.3) is 0 Å². The number of nitrogens with one attached hydrogen (secondary N) is 1. The molecule has 0 spiro atoms. The highest BCUT2D eigenvalue weighted by Gasteiger charge is 2.22. The van der Waals surface area contributed by atoms with E-state index in [0.717, 1.165) is 19.0 Å². The van der Waals surface area contributed by atoms with E-state index in [0.29, 0.717) is 18.5 Å². The Morgan fingerprint density at radius 3 is 3.00 bits per heavy atom. The summed E-state index contributed by atoms with van der Waals surface area (Å²) in [6.45, 7) is 0. The number of nitrogens with zero attached hydrogens (tertiary/aromatic N) is 1. The van der Waals surface area contributed by atoms with Crippen molar-refractivity contribution in [3.63, 3.8) is 0 Å². The van der Waals surface area contributed by atoms with Gasteiger partial charge in [0, 0.05) is 23.5 Å². The summed E-state index contributed by atoms with van der Waals surface area (Å²) in [6.07, 6.45) is 2.87. The second kappa shape index (κ2) is 5.52. The average molecular weight is 272 g/mol. The van der Waals surface area contributed by atoms with Gasteiger partial charge in [-0.1, -0.05) is 11.6 Å². The van der Waals surface area contributed by atoms with Gasteiger partial charge in [0.15, 0.2) is 0 Å². The third kappa shape index (κ3) is 3.10. The molecule has 1 aromatic rings. The maximum Gasteiger partial charge on any atom is 0.131 e. The van der Waals surface area contributed by atoms with Crippen LogP contribution in [0.4, 0.5) is 10.1 Å². The fourth-order valence-corrected chi connectivity index (χ4v) is 2.35. The normalized spacial score (nSPS) is 23.7. The minimum Gasteiger partial charge on any atom is -0.545 e. The minimum atomic E-state index is -1.32. The van der Waals surface area contributed by atoms with Crippen LogP contribution in [0.15, 0.2) is 12.3 Å². The fraction of sp³-hybridized carbons (Fsp3) is 0.500. The zero-order chi connectivity index (χ0) is 13.1. The first-order chi connectivity index (χ1) is 8.56. The lowest BCUT2D eigenvalue weighted by atomic mass is 9.93. The number of alkyl halides is 1. The molecule has 2 rings (SSSR count). The van der Waals surface area contributed by atoms with E-state index in [-0.39, 0.29) is 16.8 Å². The van der Waals surface area contributed by atoms with E-state index in [2.05, 4.69) is 10.3 Å². The van der Waals surface area contributed by atoms with Gasteiger partial charge in [-0.15, -0.1) is 0 Å². The van der Waals surface area contributed by atoms with Crippen LogP contribution in [0.5, 0.6) is 0 Å². The Morgan fingerprint density at radius 2 is 2.33 bits per heavy atom. The third-order valence-electron chi connectivity index (χ3n) is 3.06. The molecule has 0 bridgehead atoms. The first-order valence-electron chi connectivity index (χ1n) is 5.83. The minimum absolute atomic E-state index is 0.0552. The first kappa shape index (κ1) is 13.1. The maximum atomic E-state index is 13.3. The van der Waals surface area contributed by atoms with Crippen molar-refractivity contribution in [2.24, 2.45) is 0 Å². The predicted octanol–water partition coefficient (Wildman–Crippen LogP) is 1.79. The Bertz CT molecular complexity index is 456. The van der Waals surface area contributed by atoms with E-state index in [4.69, 9.17) is 11.6 Å². The lowest BCUT2D eigenvalue weighted by Gasteiger charge is -2.27. The molecule has 4 nitrogen and oxygen atoms in total. The Labute approximate surface area is 109 Å². The van der Waals surface area contributed by atoms with Crippen LogP contribution in [0.1, 0.15) is 36.0 Å². The van der Waals surface area contributed by atoms with Crippen LogP contribution in [-0.4, -0.2) is 23.2 Å². The monoisotopic (exact) mass is 271 g/mol. The van der Waals surface area contributed by atoms with Crippen LogP contribution in [0.3, 0.4) is 0 Å². The smallest absolute Gasteiger partial charge is 0.131 e. The highest BCUT2D eigenvalue weighted by Crippen LogP contribution is 2.26. The number of hydrogen-bond acceptors (Lipinski definition) is 4. The average Bonchev–Trinajstić information content (AvgIpc) is 2.28. The summed E-state index contributed by atoms with van der Waals surface area (Å²) >= 11 is 5.73. The molecule has 1 aliphatic rings. The number of halogens is 2. The molecular weight excluding hydrogens is 259 g/mol. The number of rotatable bonds is 3. The van der Waals surface area contributed by atoms with E-state index in [1.165, 1.54) is 6.07 Å². The van der Waals surface area contributed by atoms with Gasteiger partial charge in [-0.25, -0.2) is 9.37 Å². The van der Waals surface area contributed by atoms with Crippen LogP contribution in [0.25, 0.3) is 0 Å². The Balaban J connectivity index is 2.16. The van der Waals surface area contributed by atoms with Crippen molar-refractivity contribution in [2.75, 3.05) is 5.32 Å². The van der Waals surface area contributed by atoms with Crippen molar-refractivity contribution < 1.29 is 14.3 Å². The fourth-order valence-electron chi connectivity index (χ4n) is 2.19. The Kier molecular flexibility index (Phi) is 4.01. The van der Waals surface area contributed by atoms with Crippen molar-refractivity contribution in [1.29, 1.82) is 0 Å². The number of carbonyl (C=O) groups excluding carboxylic acids is 1. The molecule has 2 atom stereocenters. The SMILES string of the molecule is O=C([O-])c1cnc(Cl)cc1N[C@H]1CCCC(F)C1. The highest BCUT2D eigenvalue weighted by atomic mass is 35.5. The van der Waals surface area contributed by atoms with Crippen LogP contribution in [-0.2, 0) is 0 Å². The van der Waals surface area contributed by atoms with E-state index in [9.17, 15) is 14.3 Å². The molecular formula is C12H13ClFN2O2-. The summed E-state index contributed by atoms with van der Waals surface area (Å²) < 4.78 is 13.3. The molecule has 1 N–H and O–H groups in total. The number of carbonyl (C=O) groups is 1. The lowest BCUT2D eigenvalue weighted by Crippen LogP contribution is -2.30. The molecule has 18 heavy (non-hydrogen) atoms. The number of aromatic nitrogens is 1. The summed E-state index contributed by atoms with van der Waals surface area (Å²) in [5, 5.41) is 14.1. The van der Waals surface area contributed by atoms with E-state index < -0.39 is 12.1 Å². The number of aromatic carboxylic acids is 1. The van der Waals surface area contributed by atoms with Crippen LogP contribution < -0.4 is 10.4 Å². The zero-order valence-corrected chi connectivity index (χ0v) is 10.4. The molecule has 0 amide bonds. The Hall–Kier alpha value is -1.36. The molecule has 1 aliphatic carbocycles. The van der Waals surface area contributed by atoms with Gasteiger partial charge in [0.1, 0.15) is 11.3 Å². The number of carboxylic acids is 1. The molecule has 6 heteroatoms. The van der Waals surface area contributed by atoms with E-state index in [1.807, 2.05) is 0 Å². The Morgan fingerprint density at radius 1 is 1.56 bits per heavy atom. The zero-order valence-electron chi connectivity index (χ0n) is 9.66. The molecule has 0 aliphatic heterocycles. The van der Waals surface area contributed by atoms with Gasteiger partial charge in [-0.3, -0.25) is 0 Å². The van der Waals surface area contributed by atoms with Gasteiger partial charge >= 0.3 is 0 Å². The van der Waals surface area contributed by atoms with E-state index in [1.54, 1.807) is 0 Å². The molecule has 0 radical (unpaired) electrons. The number of anilines is 1. The van der Waals surface area contributed by atoms with Crippen LogP contribution in [0.2, 0.25) is 5.15 Å². The van der Waals surface area contributed by atoms with Crippen molar-refractivity contribution in [3.8, 4) is 0 Å². The second-order valence-corrected chi connectivity index (χ2v) is 4.83. The van der Waals surface area contributed by atoms with Crippen molar-refractivity contribution in [2.45, 2.75) is 37.9 Å². The summed E-state index contributed by atoms with van der Waals surface area (Å²) in [6, 6.07) is 1.35. The third-order valence-corrected chi connectivity index (χ3v) is 3.27. The van der Waals surface area contributed by atoms with Crippen molar-refractivity contribution in [1.82, 2.24) is 4.98 Å². The summed E-state index contributed by atoms with van der Waals surface area (Å²) in [7, 11) is 0. The topological polar surface area (TPSA) is 65.0 Å². The summed E-state index contributed by atoms with van der Waals surface area (Å²) in [5.41, 5.74) is 0.287. The molecule has 0 saturated heterocycles. The highest BCUT2D eigenvalue weighted by molar-refractivity contribution is 6.29. The maximum absolute atomic E-state index is 13.3. The van der Waals surface area contributed by atoms with Gasteiger partial charge in [-0.2, -0.15) is 0 Å². The van der Waals surface area contributed by atoms with Gasteiger partial charge in [0.05, 0.1) is 5.97 Å².